The number of amides is 2. The highest BCUT2D eigenvalue weighted by molar-refractivity contribution is 6.67. The van der Waals surface area contributed by atoms with E-state index in [-0.39, 0.29) is 6.42 Å². The number of hydrogen-bond acceptors (Lipinski definition) is 4. The van der Waals surface area contributed by atoms with Gasteiger partial charge in [-0.15, -0.1) is 0 Å². The number of fused-ring (bicyclic) bond motifs is 1. The monoisotopic (exact) mass is 430 g/mol. The average Bonchev–Trinajstić information content (AvgIpc) is 3.08. The van der Waals surface area contributed by atoms with Crippen LogP contribution in [0.4, 0.5) is 8.78 Å². The molecule has 0 spiro atoms. The molecular formula is C22H29BF2N4O2. The smallest absolute Gasteiger partial charge is 0.273 e. The Kier molecular flexibility index (Phi) is 8.32. The predicted molar refractivity (Wildman–Crippen MR) is 117 cm³/mol. The molecule has 9 heteroatoms. The highest BCUT2D eigenvalue weighted by Crippen LogP contribution is 2.46. The third kappa shape index (κ3) is 5.12. The standard InChI is InChI=1S/C20H23BF2N4O2.C2H6/c1-3-4-15(19(29)25-12-28)18-14-6-5-13(9-17(14)27(2)26-18)16-7-8-21(11-24)10-20(16,22)23;1-2/h5-6,9,12,15-16H,3-4,7-8,10H2,1-2H3,(H,25,28,29);1-2H3. The first-order valence-corrected chi connectivity index (χ1v) is 10.8. The van der Waals surface area contributed by atoms with Gasteiger partial charge in [0.15, 0.2) is 0 Å². The Labute approximate surface area is 182 Å². The molecule has 2 unspecified atom stereocenters. The number of carbonyl (C=O) groups is 2. The second-order valence-corrected chi connectivity index (χ2v) is 7.67. The van der Waals surface area contributed by atoms with Crippen molar-refractivity contribution in [2.45, 2.75) is 70.4 Å². The van der Waals surface area contributed by atoms with Gasteiger partial charge in [-0.25, -0.2) is 14.0 Å². The molecular weight excluding hydrogens is 401 g/mol. The quantitative estimate of drug-likeness (QED) is 0.542. The largest absolute Gasteiger partial charge is 0.299 e. The molecule has 2 aromatic rings. The summed E-state index contributed by atoms with van der Waals surface area (Å²) in [6.07, 6.45) is 1.88. The first-order chi connectivity index (χ1) is 14.8. The Morgan fingerprint density at radius 3 is 2.77 bits per heavy atom. The lowest BCUT2D eigenvalue weighted by Crippen LogP contribution is -2.37. The van der Waals surface area contributed by atoms with E-state index in [1.165, 1.54) is 0 Å². The number of nitrogens with one attached hydrogen (secondary N) is 1. The van der Waals surface area contributed by atoms with Gasteiger partial charge in [0, 0.05) is 30.6 Å². The molecule has 1 aliphatic rings. The Morgan fingerprint density at radius 2 is 2.19 bits per heavy atom. The molecule has 0 saturated carbocycles. The highest BCUT2D eigenvalue weighted by Gasteiger charge is 2.47. The van der Waals surface area contributed by atoms with E-state index in [1.54, 1.807) is 29.9 Å². The molecule has 166 valence electrons. The van der Waals surface area contributed by atoms with Crippen LogP contribution >= 0.6 is 0 Å². The molecule has 6 nitrogen and oxygen atoms in total. The zero-order chi connectivity index (χ0) is 23.2. The molecule has 0 radical (unpaired) electrons. The second kappa shape index (κ2) is 10.5. The Morgan fingerprint density at radius 1 is 1.48 bits per heavy atom. The molecule has 1 aromatic carbocycles. The summed E-state index contributed by atoms with van der Waals surface area (Å²) in [5.74, 6) is -2.94. The number of nitrogens with zero attached hydrogens (tertiary/aromatic N) is 3. The van der Waals surface area contributed by atoms with Crippen LogP contribution < -0.4 is 5.32 Å². The van der Waals surface area contributed by atoms with Gasteiger partial charge in [-0.3, -0.25) is 19.6 Å². The van der Waals surface area contributed by atoms with Crippen molar-refractivity contribution < 1.29 is 18.4 Å². The van der Waals surface area contributed by atoms with Crippen molar-refractivity contribution in [1.29, 1.82) is 5.26 Å². The van der Waals surface area contributed by atoms with Crippen molar-refractivity contribution in [3.63, 3.8) is 0 Å². The number of benzene rings is 1. The van der Waals surface area contributed by atoms with Crippen molar-refractivity contribution in [2.24, 2.45) is 7.05 Å². The summed E-state index contributed by atoms with van der Waals surface area (Å²) >= 11 is 0. The Bertz CT molecular complexity index is 970. The normalized spacial score (nSPS) is 18.5. The summed E-state index contributed by atoms with van der Waals surface area (Å²) in [6, 6.07) is 5.10. The third-order valence-corrected chi connectivity index (χ3v) is 5.75. The molecule has 31 heavy (non-hydrogen) atoms. The summed E-state index contributed by atoms with van der Waals surface area (Å²) in [4.78, 5) is 23.0. The molecule has 1 saturated heterocycles. The van der Waals surface area contributed by atoms with E-state index in [9.17, 15) is 18.4 Å². The molecule has 0 bridgehead atoms. The Balaban J connectivity index is 0.00000166. The van der Waals surface area contributed by atoms with Crippen LogP contribution in [0.15, 0.2) is 18.2 Å². The fraction of sp³-hybridized carbons (Fsp3) is 0.545. The van der Waals surface area contributed by atoms with E-state index in [0.717, 1.165) is 6.42 Å². The van der Waals surface area contributed by atoms with Gasteiger partial charge in [0.2, 0.25) is 18.2 Å². The summed E-state index contributed by atoms with van der Waals surface area (Å²) < 4.78 is 30.9. The van der Waals surface area contributed by atoms with Gasteiger partial charge in [0.1, 0.15) is 0 Å². The summed E-state index contributed by atoms with van der Waals surface area (Å²) in [6.45, 7) is 5.32. The fourth-order valence-corrected chi connectivity index (χ4v) is 4.29. The number of aryl methyl sites for hydroxylation is 1. The van der Waals surface area contributed by atoms with Crippen LogP contribution in [0.3, 0.4) is 0 Å². The van der Waals surface area contributed by atoms with E-state index in [1.807, 2.05) is 26.7 Å². The number of nitriles is 1. The SMILES string of the molecule is CC.CCCC(C(=O)NC=O)c1nn(C)c2cc(C3CCB(C#N)CC3(F)F)ccc12. The van der Waals surface area contributed by atoms with Crippen molar-refractivity contribution in [3.05, 3.63) is 29.5 Å². The van der Waals surface area contributed by atoms with Gasteiger partial charge in [0.25, 0.3) is 6.71 Å². The fourth-order valence-electron chi connectivity index (χ4n) is 4.29. The van der Waals surface area contributed by atoms with E-state index in [2.05, 4.69) is 10.4 Å². The number of halogens is 2. The van der Waals surface area contributed by atoms with Crippen molar-refractivity contribution in [1.82, 2.24) is 15.1 Å². The van der Waals surface area contributed by atoms with Crippen LogP contribution in [-0.4, -0.2) is 34.7 Å². The van der Waals surface area contributed by atoms with Gasteiger partial charge in [-0.05, 0) is 24.5 Å². The maximum absolute atomic E-state index is 14.7. The summed E-state index contributed by atoms with van der Waals surface area (Å²) in [5.41, 5.74) is 1.71. The zero-order valence-electron chi connectivity index (χ0n) is 18.5. The first-order valence-electron chi connectivity index (χ1n) is 10.8. The summed E-state index contributed by atoms with van der Waals surface area (Å²) in [7, 11) is 1.71. The van der Waals surface area contributed by atoms with E-state index < -0.39 is 36.7 Å². The van der Waals surface area contributed by atoms with Crippen molar-refractivity contribution in [2.75, 3.05) is 0 Å². The van der Waals surface area contributed by atoms with Gasteiger partial charge in [-0.2, -0.15) is 5.10 Å². The van der Waals surface area contributed by atoms with Gasteiger partial charge >= 0.3 is 0 Å². The molecule has 2 heterocycles. The van der Waals surface area contributed by atoms with Crippen LogP contribution in [-0.2, 0) is 16.6 Å². The number of alkyl halides is 2. The maximum Gasteiger partial charge on any atom is 0.273 e. The minimum atomic E-state index is -2.94. The zero-order valence-corrected chi connectivity index (χ0v) is 18.5. The number of aromatic nitrogens is 2. The molecule has 2 atom stereocenters. The van der Waals surface area contributed by atoms with E-state index in [0.29, 0.717) is 41.3 Å². The lowest BCUT2D eigenvalue weighted by molar-refractivity contribution is -0.126. The van der Waals surface area contributed by atoms with Crippen LogP contribution in [0.2, 0.25) is 12.6 Å². The molecule has 1 aliphatic heterocycles. The highest BCUT2D eigenvalue weighted by atomic mass is 19.3. The minimum Gasteiger partial charge on any atom is -0.299 e. The van der Waals surface area contributed by atoms with Gasteiger partial charge in [-0.1, -0.05) is 45.6 Å². The van der Waals surface area contributed by atoms with E-state index >= 15 is 0 Å². The van der Waals surface area contributed by atoms with Crippen LogP contribution in [0.1, 0.15) is 63.1 Å². The number of imide groups is 1. The lowest BCUT2D eigenvalue weighted by Gasteiger charge is -2.32. The first kappa shape index (κ1) is 24.5. The topological polar surface area (TPSA) is 87.8 Å². The Hall–Kier alpha value is -2.76. The second-order valence-electron chi connectivity index (χ2n) is 7.67. The molecule has 1 N–H and O–H groups in total. The summed E-state index contributed by atoms with van der Waals surface area (Å²) in [5, 5.41) is 16.4. The number of rotatable bonds is 6. The number of carbonyl (C=O) groups excluding carboxylic acids is 2. The van der Waals surface area contributed by atoms with Crippen LogP contribution in [0.5, 0.6) is 0 Å². The molecule has 3 rings (SSSR count). The van der Waals surface area contributed by atoms with Crippen molar-refractivity contribution >= 4 is 29.9 Å². The molecule has 1 fully saturated rings. The number of hydrogen-bond donors (Lipinski definition) is 1. The lowest BCUT2D eigenvalue weighted by atomic mass is 9.40. The maximum atomic E-state index is 14.7. The van der Waals surface area contributed by atoms with Crippen molar-refractivity contribution in [3.8, 4) is 5.97 Å². The van der Waals surface area contributed by atoms with Crippen LogP contribution in [0, 0.1) is 11.2 Å². The molecule has 0 aliphatic carbocycles. The predicted octanol–water partition coefficient (Wildman–Crippen LogP) is 4.44. The van der Waals surface area contributed by atoms with Gasteiger partial charge in [0.05, 0.1) is 17.1 Å². The average molecular weight is 430 g/mol. The molecule has 1 aromatic heterocycles. The van der Waals surface area contributed by atoms with Crippen LogP contribution in [0.25, 0.3) is 10.9 Å². The van der Waals surface area contributed by atoms with E-state index in [4.69, 9.17) is 5.26 Å². The third-order valence-electron chi connectivity index (χ3n) is 5.75. The molecule has 2 amide bonds. The minimum absolute atomic E-state index is 0.252. The van der Waals surface area contributed by atoms with Gasteiger partial charge < -0.3 is 0 Å².